The molecular formula is C15H17N3O3. The minimum absolute atomic E-state index is 0.245. The Morgan fingerprint density at radius 2 is 1.95 bits per heavy atom. The van der Waals surface area contributed by atoms with Gasteiger partial charge in [-0.05, 0) is 18.2 Å². The molecule has 2 aromatic rings. The number of amides is 1. The van der Waals surface area contributed by atoms with Crippen molar-refractivity contribution in [3.63, 3.8) is 0 Å². The van der Waals surface area contributed by atoms with Gasteiger partial charge in [-0.3, -0.25) is 9.78 Å². The van der Waals surface area contributed by atoms with Gasteiger partial charge in [-0.2, -0.15) is 0 Å². The van der Waals surface area contributed by atoms with Gasteiger partial charge in [0.15, 0.2) is 0 Å². The van der Waals surface area contributed by atoms with Gasteiger partial charge < -0.3 is 20.1 Å². The van der Waals surface area contributed by atoms with Crippen molar-refractivity contribution < 1.29 is 14.3 Å². The number of benzene rings is 1. The molecule has 6 nitrogen and oxygen atoms in total. The van der Waals surface area contributed by atoms with Crippen LogP contribution in [0.4, 0.5) is 11.4 Å². The lowest BCUT2D eigenvalue weighted by Gasteiger charge is -2.13. The number of ether oxygens (including phenoxy) is 2. The van der Waals surface area contributed by atoms with Crippen LogP contribution in [0.1, 0.15) is 10.4 Å². The van der Waals surface area contributed by atoms with Crippen LogP contribution in [0.5, 0.6) is 11.5 Å². The summed E-state index contributed by atoms with van der Waals surface area (Å²) in [6, 6.07) is 6.85. The van der Waals surface area contributed by atoms with E-state index >= 15 is 0 Å². The molecular weight excluding hydrogens is 270 g/mol. The maximum atomic E-state index is 12.4. The van der Waals surface area contributed by atoms with Gasteiger partial charge in [-0.25, -0.2) is 0 Å². The summed E-state index contributed by atoms with van der Waals surface area (Å²) < 4.78 is 10.4. The van der Waals surface area contributed by atoms with E-state index in [9.17, 15) is 4.79 Å². The van der Waals surface area contributed by atoms with Crippen molar-refractivity contribution in [3.05, 3.63) is 42.2 Å². The van der Waals surface area contributed by atoms with Crippen LogP contribution < -0.4 is 20.1 Å². The predicted octanol–water partition coefficient (Wildman–Crippen LogP) is 2.39. The number of carbonyl (C=O) groups is 1. The Labute approximate surface area is 123 Å². The molecule has 21 heavy (non-hydrogen) atoms. The first-order valence-corrected chi connectivity index (χ1v) is 6.34. The highest BCUT2D eigenvalue weighted by molar-refractivity contribution is 6.08. The molecule has 0 spiro atoms. The van der Waals surface area contributed by atoms with E-state index in [4.69, 9.17) is 9.47 Å². The molecule has 0 saturated heterocycles. The molecule has 1 heterocycles. The van der Waals surface area contributed by atoms with Gasteiger partial charge >= 0.3 is 0 Å². The van der Waals surface area contributed by atoms with Crippen LogP contribution in [0.15, 0.2) is 36.7 Å². The number of nitrogens with zero attached hydrogens (tertiary/aromatic N) is 1. The van der Waals surface area contributed by atoms with Gasteiger partial charge in [-0.15, -0.1) is 0 Å². The van der Waals surface area contributed by atoms with Gasteiger partial charge in [0.05, 0.1) is 37.4 Å². The van der Waals surface area contributed by atoms with E-state index < -0.39 is 0 Å². The minimum Gasteiger partial charge on any atom is -0.497 e. The molecule has 2 rings (SSSR count). The van der Waals surface area contributed by atoms with Crippen LogP contribution >= 0.6 is 0 Å². The van der Waals surface area contributed by atoms with Crippen molar-refractivity contribution in [1.82, 2.24) is 4.98 Å². The maximum Gasteiger partial charge on any atom is 0.257 e. The fourth-order valence-electron chi connectivity index (χ4n) is 1.88. The van der Waals surface area contributed by atoms with Gasteiger partial charge in [0, 0.05) is 19.3 Å². The molecule has 6 heteroatoms. The Hall–Kier alpha value is -2.76. The number of methoxy groups -OCH3 is 2. The normalized spacial score (nSPS) is 9.86. The lowest BCUT2D eigenvalue weighted by atomic mass is 10.2. The van der Waals surface area contributed by atoms with Crippen molar-refractivity contribution in [1.29, 1.82) is 0 Å². The molecule has 0 aliphatic rings. The van der Waals surface area contributed by atoms with Gasteiger partial charge in [-0.1, -0.05) is 0 Å². The quantitative estimate of drug-likeness (QED) is 0.883. The highest BCUT2D eigenvalue weighted by atomic mass is 16.5. The van der Waals surface area contributed by atoms with Crippen LogP contribution in [-0.2, 0) is 0 Å². The van der Waals surface area contributed by atoms with E-state index in [1.807, 2.05) is 0 Å². The molecule has 110 valence electrons. The number of nitrogens with one attached hydrogen (secondary N) is 2. The van der Waals surface area contributed by atoms with Crippen LogP contribution in [0.3, 0.4) is 0 Å². The number of hydrogen-bond donors (Lipinski definition) is 2. The topological polar surface area (TPSA) is 72.5 Å². The Balaban J connectivity index is 2.27. The van der Waals surface area contributed by atoms with E-state index in [-0.39, 0.29) is 5.91 Å². The first kappa shape index (κ1) is 14.6. The fraction of sp³-hybridized carbons (Fsp3) is 0.200. The summed E-state index contributed by atoms with van der Waals surface area (Å²) >= 11 is 0. The zero-order chi connectivity index (χ0) is 15.2. The summed E-state index contributed by atoms with van der Waals surface area (Å²) in [6.45, 7) is 0. The van der Waals surface area contributed by atoms with E-state index in [2.05, 4.69) is 15.6 Å². The van der Waals surface area contributed by atoms with Crippen LogP contribution in [0.2, 0.25) is 0 Å². The molecule has 1 aromatic carbocycles. The van der Waals surface area contributed by atoms with Crippen molar-refractivity contribution in [3.8, 4) is 11.5 Å². The summed E-state index contributed by atoms with van der Waals surface area (Å²) in [5.41, 5.74) is 1.73. The van der Waals surface area contributed by atoms with E-state index in [0.29, 0.717) is 28.4 Å². The Morgan fingerprint density at radius 1 is 1.14 bits per heavy atom. The van der Waals surface area contributed by atoms with E-state index in [0.717, 1.165) is 0 Å². The van der Waals surface area contributed by atoms with Crippen molar-refractivity contribution in [2.24, 2.45) is 0 Å². The molecule has 0 unspecified atom stereocenters. The number of aromatic nitrogens is 1. The van der Waals surface area contributed by atoms with E-state index in [1.165, 1.54) is 7.11 Å². The number of pyridine rings is 1. The number of anilines is 2. The maximum absolute atomic E-state index is 12.4. The van der Waals surface area contributed by atoms with E-state index in [1.54, 1.807) is 50.8 Å². The molecule has 2 N–H and O–H groups in total. The zero-order valence-corrected chi connectivity index (χ0v) is 12.1. The largest absolute Gasteiger partial charge is 0.497 e. The average Bonchev–Trinajstić information content (AvgIpc) is 2.55. The molecule has 0 radical (unpaired) electrons. The number of carbonyl (C=O) groups excluding carboxylic acids is 1. The summed E-state index contributed by atoms with van der Waals surface area (Å²) in [6.07, 6.45) is 3.17. The highest BCUT2D eigenvalue weighted by Gasteiger charge is 2.13. The summed E-state index contributed by atoms with van der Waals surface area (Å²) in [5.74, 6) is 0.942. The Bertz CT molecular complexity index is 644. The fourth-order valence-corrected chi connectivity index (χ4v) is 1.88. The molecule has 1 amide bonds. The minimum atomic E-state index is -0.245. The summed E-state index contributed by atoms with van der Waals surface area (Å²) in [5, 5.41) is 5.75. The standard InChI is InChI=1S/C15H17N3O3/c1-16-13-9-17-7-6-11(13)15(19)18-12-5-4-10(20-2)8-14(12)21-3/h4-9,16H,1-3H3,(H,18,19). The van der Waals surface area contributed by atoms with Gasteiger partial charge in [0.2, 0.25) is 0 Å². The molecule has 0 aliphatic heterocycles. The third kappa shape index (κ3) is 3.22. The monoisotopic (exact) mass is 287 g/mol. The van der Waals surface area contributed by atoms with Gasteiger partial charge in [0.25, 0.3) is 5.91 Å². The third-order valence-electron chi connectivity index (χ3n) is 2.99. The second kappa shape index (κ2) is 6.60. The first-order valence-electron chi connectivity index (χ1n) is 6.34. The SMILES string of the molecule is CNc1cnccc1C(=O)Nc1ccc(OC)cc1OC. The second-order valence-electron chi connectivity index (χ2n) is 4.19. The van der Waals surface area contributed by atoms with Crippen LogP contribution in [-0.4, -0.2) is 32.2 Å². The second-order valence-corrected chi connectivity index (χ2v) is 4.19. The predicted molar refractivity (Wildman–Crippen MR) is 81.3 cm³/mol. The highest BCUT2D eigenvalue weighted by Crippen LogP contribution is 2.29. The van der Waals surface area contributed by atoms with Crippen molar-refractivity contribution in [2.45, 2.75) is 0 Å². The molecule has 1 aromatic heterocycles. The zero-order valence-electron chi connectivity index (χ0n) is 12.1. The number of rotatable bonds is 5. The summed E-state index contributed by atoms with van der Waals surface area (Å²) in [7, 11) is 4.85. The Kier molecular flexibility index (Phi) is 4.61. The average molecular weight is 287 g/mol. The Morgan fingerprint density at radius 3 is 2.62 bits per heavy atom. The van der Waals surface area contributed by atoms with Crippen LogP contribution in [0.25, 0.3) is 0 Å². The third-order valence-corrected chi connectivity index (χ3v) is 2.99. The molecule has 0 atom stereocenters. The lowest BCUT2D eigenvalue weighted by Crippen LogP contribution is -2.14. The summed E-state index contributed by atoms with van der Waals surface area (Å²) in [4.78, 5) is 16.3. The van der Waals surface area contributed by atoms with Crippen molar-refractivity contribution >= 4 is 17.3 Å². The first-order chi connectivity index (χ1) is 10.2. The molecule has 0 aliphatic carbocycles. The van der Waals surface area contributed by atoms with Crippen LogP contribution in [0, 0.1) is 0 Å². The lowest BCUT2D eigenvalue weighted by molar-refractivity contribution is 0.102. The smallest absolute Gasteiger partial charge is 0.257 e. The molecule has 0 saturated carbocycles. The van der Waals surface area contributed by atoms with Gasteiger partial charge in [0.1, 0.15) is 11.5 Å². The van der Waals surface area contributed by atoms with Crippen molar-refractivity contribution in [2.75, 3.05) is 31.9 Å². The number of hydrogen-bond acceptors (Lipinski definition) is 5. The molecule has 0 bridgehead atoms. The molecule has 0 fully saturated rings.